The minimum absolute atomic E-state index is 0.818. The number of nitrogens with two attached hydrogens (primary N) is 1. The number of fused-ring (bicyclic) bond motifs is 1. The number of nitrogen functional groups attached to an aromatic ring is 1. The third kappa shape index (κ3) is 1.77. The van der Waals surface area contributed by atoms with E-state index in [1.807, 2.05) is 12.3 Å². The minimum atomic E-state index is 0.818. The van der Waals surface area contributed by atoms with Gasteiger partial charge in [0.25, 0.3) is 0 Å². The first kappa shape index (κ1) is 11.2. The van der Waals surface area contributed by atoms with Crippen LogP contribution in [-0.4, -0.2) is 4.98 Å². The molecule has 90 valence electrons. The normalized spacial score (nSPS) is 11.0. The lowest BCUT2D eigenvalue weighted by molar-refractivity contribution is 1.27. The maximum atomic E-state index is 6.06. The number of anilines is 1. The summed E-state index contributed by atoms with van der Waals surface area (Å²) in [4.78, 5) is 5.56. The van der Waals surface area contributed by atoms with Gasteiger partial charge in [0.2, 0.25) is 0 Å². The molecule has 2 aromatic heterocycles. The van der Waals surface area contributed by atoms with Crippen molar-refractivity contribution in [1.29, 1.82) is 0 Å². The summed E-state index contributed by atoms with van der Waals surface area (Å²) in [7, 11) is 0. The number of benzene rings is 1. The van der Waals surface area contributed by atoms with E-state index in [9.17, 15) is 0 Å². The summed E-state index contributed by atoms with van der Waals surface area (Å²) < 4.78 is 0. The molecule has 0 atom stereocenters. The second-order valence-corrected chi connectivity index (χ2v) is 5.41. The van der Waals surface area contributed by atoms with Crippen molar-refractivity contribution in [1.82, 2.24) is 4.98 Å². The van der Waals surface area contributed by atoms with E-state index in [4.69, 9.17) is 5.73 Å². The minimum Gasteiger partial charge on any atom is -0.397 e. The Balaban J connectivity index is 2.33. The van der Waals surface area contributed by atoms with Gasteiger partial charge in [-0.3, -0.25) is 0 Å². The van der Waals surface area contributed by atoms with Crippen molar-refractivity contribution < 1.29 is 0 Å². The fourth-order valence-electron chi connectivity index (χ4n) is 2.15. The standard InChI is InChI=1S/C15H14N2S/c1-9-3-5-11(6-4-9)12-7-10(2)17-15-14(12)13(16)8-18-15/h3-8H,16H2,1-2H3. The van der Waals surface area contributed by atoms with Crippen LogP contribution < -0.4 is 5.73 Å². The number of hydrogen-bond acceptors (Lipinski definition) is 3. The lowest BCUT2D eigenvalue weighted by Gasteiger charge is -2.06. The van der Waals surface area contributed by atoms with Crippen LogP contribution in [0.15, 0.2) is 35.7 Å². The Bertz CT molecular complexity index is 711. The molecule has 0 saturated carbocycles. The van der Waals surface area contributed by atoms with Crippen LogP contribution in [0.3, 0.4) is 0 Å². The van der Waals surface area contributed by atoms with E-state index in [1.165, 1.54) is 16.7 Å². The van der Waals surface area contributed by atoms with Crippen molar-refractivity contribution in [2.45, 2.75) is 13.8 Å². The molecule has 2 nitrogen and oxygen atoms in total. The Morgan fingerprint density at radius 3 is 2.56 bits per heavy atom. The molecular formula is C15H14N2S. The third-order valence-electron chi connectivity index (χ3n) is 3.06. The third-order valence-corrected chi connectivity index (χ3v) is 3.95. The Kier molecular flexibility index (Phi) is 2.56. The fraction of sp³-hybridized carbons (Fsp3) is 0.133. The molecule has 1 aromatic carbocycles. The number of thiophene rings is 1. The maximum Gasteiger partial charge on any atom is 0.126 e. The summed E-state index contributed by atoms with van der Waals surface area (Å²) in [6.45, 7) is 4.11. The van der Waals surface area contributed by atoms with Crippen molar-refractivity contribution in [3.63, 3.8) is 0 Å². The first-order chi connectivity index (χ1) is 8.65. The molecule has 2 N–H and O–H groups in total. The largest absolute Gasteiger partial charge is 0.397 e. The predicted molar refractivity (Wildman–Crippen MR) is 78.9 cm³/mol. The average Bonchev–Trinajstić information content (AvgIpc) is 2.71. The van der Waals surface area contributed by atoms with Crippen LogP contribution in [-0.2, 0) is 0 Å². The lowest BCUT2D eigenvalue weighted by atomic mass is 10.0. The molecule has 0 aliphatic rings. The molecule has 0 saturated heterocycles. The maximum absolute atomic E-state index is 6.06. The predicted octanol–water partition coefficient (Wildman–Crippen LogP) is 4.16. The molecule has 0 unspecified atom stereocenters. The monoisotopic (exact) mass is 254 g/mol. The van der Waals surface area contributed by atoms with E-state index in [0.29, 0.717) is 0 Å². The SMILES string of the molecule is Cc1ccc(-c2cc(C)nc3scc(N)c23)cc1. The van der Waals surface area contributed by atoms with E-state index in [0.717, 1.165) is 21.6 Å². The molecule has 2 heterocycles. The Labute approximate surface area is 110 Å². The van der Waals surface area contributed by atoms with E-state index < -0.39 is 0 Å². The number of aromatic nitrogens is 1. The molecule has 0 amide bonds. The van der Waals surface area contributed by atoms with Gasteiger partial charge in [-0.25, -0.2) is 4.98 Å². The molecule has 0 fully saturated rings. The second-order valence-electron chi connectivity index (χ2n) is 4.55. The number of nitrogens with zero attached hydrogens (tertiary/aromatic N) is 1. The van der Waals surface area contributed by atoms with Gasteiger partial charge >= 0.3 is 0 Å². The Hall–Kier alpha value is -1.87. The zero-order valence-corrected chi connectivity index (χ0v) is 11.2. The van der Waals surface area contributed by atoms with Gasteiger partial charge in [0.15, 0.2) is 0 Å². The van der Waals surface area contributed by atoms with Crippen LogP contribution in [0.2, 0.25) is 0 Å². The fourth-order valence-corrected chi connectivity index (χ4v) is 3.05. The summed E-state index contributed by atoms with van der Waals surface area (Å²) in [6.07, 6.45) is 0. The van der Waals surface area contributed by atoms with E-state index in [2.05, 4.69) is 42.2 Å². The number of pyridine rings is 1. The van der Waals surface area contributed by atoms with Crippen LogP contribution >= 0.6 is 11.3 Å². The van der Waals surface area contributed by atoms with Crippen LogP contribution in [0.25, 0.3) is 21.3 Å². The molecule has 0 bridgehead atoms. The molecule has 0 aliphatic carbocycles. The molecule has 18 heavy (non-hydrogen) atoms. The van der Waals surface area contributed by atoms with Crippen LogP contribution in [0.5, 0.6) is 0 Å². The van der Waals surface area contributed by atoms with E-state index in [1.54, 1.807) is 11.3 Å². The first-order valence-corrected chi connectivity index (χ1v) is 6.74. The highest BCUT2D eigenvalue weighted by Crippen LogP contribution is 2.36. The topological polar surface area (TPSA) is 38.9 Å². The number of rotatable bonds is 1. The van der Waals surface area contributed by atoms with Gasteiger partial charge in [-0.15, -0.1) is 11.3 Å². The molecule has 3 rings (SSSR count). The molecule has 0 spiro atoms. The van der Waals surface area contributed by atoms with Crippen molar-refractivity contribution >= 4 is 27.2 Å². The molecule has 3 aromatic rings. The highest BCUT2D eigenvalue weighted by Gasteiger charge is 2.10. The van der Waals surface area contributed by atoms with Gasteiger partial charge < -0.3 is 5.73 Å². The zero-order chi connectivity index (χ0) is 12.7. The Morgan fingerprint density at radius 1 is 1.11 bits per heavy atom. The van der Waals surface area contributed by atoms with Crippen LogP contribution in [0.4, 0.5) is 5.69 Å². The Morgan fingerprint density at radius 2 is 1.83 bits per heavy atom. The number of hydrogen-bond donors (Lipinski definition) is 1. The quantitative estimate of drug-likeness (QED) is 0.708. The highest BCUT2D eigenvalue weighted by atomic mass is 32.1. The van der Waals surface area contributed by atoms with Gasteiger partial charge in [0.05, 0.1) is 5.69 Å². The van der Waals surface area contributed by atoms with Crippen molar-refractivity contribution in [3.05, 3.63) is 47.0 Å². The molecule has 3 heteroatoms. The van der Waals surface area contributed by atoms with Crippen LogP contribution in [0, 0.1) is 13.8 Å². The van der Waals surface area contributed by atoms with Gasteiger partial charge in [-0.05, 0) is 31.0 Å². The van der Waals surface area contributed by atoms with Crippen molar-refractivity contribution in [2.24, 2.45) is 0 Å². The summed E-state index contributed by atoms with van der Waals surface area (Å²) in [5, 5.41) is 3.05. The highest BCUT2D eigenvalue weighted by molar-refractivity contribution is 7.17. The van der Waals surface area contributed by atoms with Gasteiger partial charge in [0.1, 0.15) is 4.83 Å². The summed E-state index contributed by atoms with van der Waals surface area (Å²) in [5.41, 5.74) is 11.5. The van der Waals surface area contributed by atoms with Crippen molar-refractivity contribution in [2.75, 3.05) is 5.73 Å². The molecule has 0 aliphatic heterocycles. The smallest absolute Gasteiger partial charge is 0.126 e. The molecule has 0 radical (unpaired) electrons. The summed E-state index contributed by atoms with van der Waals surface area (Å²) >= 11 is 1.60. The van der Waals surface area contributed by atoms with Gasteiger partial charge in [-0.1, -0.05) is 29.8 Å². The lowest BCUT2D eigenvalue weighted by Crippen LogP contribution is -1.89. The second kappa shape index (κ2) is 4.10. The molecular weight excluding hydrogens is 240 g/mol. The van der Waals surface area contributed by atoms with Crippen LogP contribution in [0.1, 0.15) is 11.3 Å². The average molecular weight is 254 g/mol. The number of aryl methyl sites for hydroxylation is 2. The van der Waals surface area contributed by atoms with Crippen molar-refractivity contribution in [3.8, 4) is 11.1 Å². The first-order valence-electron chi connectivity index (χ1n) is 5.86. The van der Waals surface area contributed by atoms with E-state index >= 15 is 0 Å². The summed E-state index contributed by atoms with van der Waals surface area (Å²) in [5.74, 6) is 0. The summed E-state index contributed by atoms with van der Waals surface area (Å²) in [6, 6.07) is 10.6. The van der Waals surface area contributed by atoms with E-state index in [-0.39, 0.29) is 0 Å². The zero-order valence-electron chi connectivity index (χ0n) is 10.4. The van der Waals surface area contributed by atoms with Gasteiger partial charge in [0, 0.05) is 16.5 Å². The van der Waals surface area contributed by atoms with Gasteiger partial charge in [-0.2, -0.15) is 0 Å².